The number of amides is 1. The molecule has 5 nitrogen and oxygen atoms in total. The van der Waals surface area contributed by atoms with Gasteiger partial charge in [0.05, 0.1) is 18.1 Å². The summed E-state index contributed by atoms with van der Waals surface area (Å²) in [6, 6.07) is 2.11. The average molecular weight is 244 g/mol. The number of nitrogens with two attached hydrogens (primary N) is 1. The van der Waals surface area contributed by atoms with E-state index < -0.39 is 0 Å². The Hall–Kier alpha value is -1.91. The van der Waals surface area contributed by atoms with Crippen LogP contribution in [0.1, 0.15) is 37.2 Å². The molecule has 1 aliphatic carbocycles. The number of nitrogens with zero attached hydrogens (tertiary/aromatic N) is 3. The van der Waals surface area contributed by atoms with E-state index in [4.69, 9.17) is 5.73 Å². The molecule has 94 valence electrons. The zero-order valence-corrected chi connectivity index (χ0v) is 10.4. The lowest BCUT2D eigenvalue weighted by Crippen LogP contribution is -2.17. The summed E-state index contributed by atoms with van der Waals surface area (Å²) in [6.45, 7) is 2.83. The van der Waals surface area contributed by atoms with Crippen molar-refractivity contribution in [3.63, 3.8) is 0 Å². The molecule has 1 aliphatic rings. The third kappa shape index (κ3) is 1.85. The second kappa shape index (κ2) is 4.08. The first-order valence-corrected chi connectivity index (χ1v) is 6.32. The highest BCUT2D eigenvalue weighted by Gasteiger charge is 2.25. The first-order chi connectivity index (χ1) is 8.69. The van der Waals surface area contributed by atoms with E-state index in [0.717, 1.165) is 29.1 Å². The summed E-state index contributed by atoms with van der Waals surface area (Å²) < 4.78 is 2.05. The topological polar surface area (TPSA) is 73.8 Å². The zero-order chi connectivity index (χ0) is 12.7. The van der Waals surface area contributed by atoms with Gasteiger partial charge in [-0.1, -0.05) is 0 Å². The van der Waals surface area contributed by atoms with E-state index in [2.05, 4.69) is 16.0 Å². The number of aryl methyl sites for hydroxylation is 1. The minimum absolute atomic E-state index is 0.182. The van der Waals surface area contributed by atoms with E-state index >= 15 is 0 Å². The van der Waals surface area contributed by atoms with E-state index in [1.165, 1.54) is 12.8 Å². The summed E-state index contributed by atoms with van der Waals surface area (Å²) in [4.78, 5) is 19.9. The van der Waals surface area contributed by atoms with E-state index in [1.807, 2.05) is 11.5 Å². The van der Waals surface area contributed by atoms with Crippen molar-refractivity contribution >= 4 is 16.9 Å². The summed E-state index contributed by atoms with van der Waals surface area (Å²) in [5, 5.41) is 0. The van der Waals surface area contributed by atoms with E-state index in [1.54, 1.807) is 6.20 Å². The van der Waals surface area contributed by atoms with Gasteiger partial charge in [-0.3, -0.25) is 9.78 Å². The molecule has 2 aromatic heterocycles. The number of primary amides is 1. The summed E-state index contributed by atoms with van der Waals surface area (Å²) in [5.41, 5.74) is 8.30. The van der Waals surface area contributed by atoms with Crippen molar-refractivity contribution in [2.75, 3.05) is 0 Å². The molecule has 18 heavy (non-hydrogen) atoms. The van der Waals surface area contributed by atoms with Gasteiger partial charge in [-0.15, -0.1) is 0 Å². The predicted molar refractivity (Wildman–Crippen MR) is 68.1 cm³/mol. The van der Waals surface area contributed by atoms with Crippen LogP contribution in [0.3, 0.4) is 0 Å². The van der Waals surface area contributed by atoms with Crippen LogP contribution in [-0.2, 0) is 17.8 Å². The lowest BCUT2D eigenvalue weighted by Gasteiger charge is -2.04. The fraction of sp³-hybridized carbons (Fsp3) is 0.462. The van der Waals surface area contributed by atoms with Gasteiger partial charge in [0, 0.05) is 18.2 Å². The molecular formula is C13H16N4O. The molecule has 2 N–H and O–H groups in total. The number of rotatable bonds is 4. The van der Waals surface area contributed by atoms with E-state index in [9.17, 15) is 4.79 Å². The van der Waals surface area contributed by atoms with E-state index in [-0.39, 0.29) is 12.3 Å². The number of carbonyl (C=O) groups excluding carboxylic acids is 1. The number of aromatic nitrogens is 3. The standard InChI is InChI=1S/C13H16N4O/c1-2-17-11-5-9(8-3-4-8)15-7-10(11)16-13(17)6-12(14)18/h5,7-8H,2-4,6H2,1H3,(H2,14,18). The van der Waals surface area contributed by atoms with Crippen LogP contribution >= 0.6 is 0 Å². The van der Waals surface area contributed by atoms with Gasteiger partial charge < -0.3 is 10.3 Å². The van der Waals surface area contributed by atoms with Gasteiger partial charge in [0.1, 0.15) is 11.3 Å². The third-order valence-corrected chi connectivity index (χ3v) is 3.38. The van der Waals surface area contributed by atoms with Crippen LogP contribution in [0.15, 0.2) is 12.3 Å². The van der Waals surface area contributed by atoms with Crippen LogP contribution in [0.25, 0.3) is 11.0 Å². The molecular weight excluding hydrogens is 228 g/mol. The molecule has 3 rings (SSSR count). The lowest BCUT2D eigenvalue weighted by molar-refractivity contribution is -0.117. The van der Waals surface area contributed by atoms with Crippen LogP contribution in [0.4, 0.5) is 0 Å². The van der Waals surface area contributed by atoms with Gasteiger partial charge >= 0.3 is 0 Å². The Morgan fingerprint density at radius 1 is 1.56 bits per heavy atom. The fourth-order valence-corrected chi connectivity index (χ4v) is 2.34. The number of hydrogen-bond donors (Lipinski definition) is 1. The molecule has 0 atom stereocenters. The van der Waals surface area contributed by atoms with Crippen molar-refractivity contribution < 1.29 is 4.79 Å². The van der Waals surface area contributed by atoms with Crippen molar-refractivity contribution in [1.29, 1.82) is 0 Å². The van der Waals surface area contributed by atoms with Crippen molar-refractivity contribution in [3.05, 3.63) is 23.8 Å². The highest BCUT2D eigenvalue weighted by molar-refractivity contribution is 5.80. The summed E-state index contributed by atoms with van der Waals surface area (Å²) in [6.07, 6.45) is 4.45. The lowest BCUT2D eigenvalue weighted by atomic mass is 10.2. The Bertz CT molecular complexity index is 613. The van der Waals surface area contributed by atoms with Gasteiger partial charge in [-0.2, -0.15) is 0 Å². The average Bonchev–Trinajstić information content (AvgIpc) is 3.10. The van der Waals surface area contributed by atoms with E-state index in [0.29, 0.717) is 5.92 Å². The number of hydrogen-bond acceptors (Lipinski definition) is 3. The SMILES string of the molecule is CCn1c(CC(N)=O)nc2cnc(C3CC3)cc21. The molecule has 0 radical (unpaired) electrons. The van der Waals surface area contributed by atoms with Crippen LogP contribution in [-0.4, -0.2) is 20.4 Å². The summed E-state index contributed by atoms with van der Waals surface area (Å²) >= 11 is 0. The smallest absolute Gasteiger partial charge is 0.225 e. The van der Waals surface area contributed by atoms with Gasteiger partial charge in [0.25, 0.3) is 0 Å². The second-order valence-corrected chi connectivity index (χ2v) is 4.79. The maximum Gasteiger partial charge on any atom is 0.225 e. The highest BCUT2D eigenvalue weighted by atomic mass is 16.1. The molecule has 0 aliphatic heterocycles. The largest absolute Gasteiger partial charge is 0.369 e. The van der Waals surface area contributed by atoms with Crippen LogP contribution in [0.5, 0.6) is 0 Å². The number of imidazole rings is 1. The molecule has 0 bridgehead atoms. The quantitative estimate of drug-likeness (QED) is 0.882. The second-order valence-electron chi connectivity index (χ2n) is 4.79. The Morgan fingerprint density at radius 2 is 2.33 bits per heavy atom. The first-order valence-electron chi connectivity index (χ1n) is 6.32. The van der Waals surface area contributed by atoms with Gasteiger partial charge in [0.15, 0.2) is 0 Å². The summed E-state index contributed by atoms with van der Waals surface area (Å²) in [7, 11) is 0. The Balaban J connectivity index is 2.11. The Labute approximate surface area is 105 Å². The van der Waals surface area contributed by atoms with Crippen molar-refractivity contribution in [2.24, 2.45) is 5.73 Å². The molecule has 1 saturated carbocycles. The molecule has 0 aromatic carbocycles. The molecule has 2 heterocycles. The monoisotopic (exact) mass is 244 g/mol. The van der Waals surface area contributed by atoms with Crippen LogP contribution in [0.2, 0.25) is 0 Å². The molecule has 1 amide bonds. The maximum atomic E-state index is 11.1. The fourth-order valence-electron chi connectivity index (χ4n) is 2.34. The third-order valence-electron chi connectivity index (χ3n) is 3.38. The molecule has 0 saturated heterocycles. The summed E-state index contributed by atoms with van der Waals surface area (Å²) in [5.74, 6) is 0.999. The highest BCUT2D eigenvalue weighted by Crippen LogP contribution is 2.39. The minimum Gasteiger partial charge on any atom is -0.369 e. The van der Waals surface area contributed by atoms with Crippen molar-refractivity contribution in [3.8, 4) is 0 Å². The minimum atomic E-state index is -0.351. The molecule has 0 unspecified atom stereocenters. The number of fused-ring (bicyclic) bond motifs is 1. The Morgan fingerprint density at radius 3 is 2.94 bits per heavy atom. The predicted octanol–water partition coefficient (Wildman–Crippen LogP) is 1.36. The normalized spacial score (nSPS) is 15.2. The van der Waals surface area contributed by atoms with Crippen LogP contribution in [0, 0.1) is 0 Å². The Kier molecular flexibility index (Phi) is 2.54. The number of pyridine rings is 1. The molecule has 5 heteroatoms. The van der Waals surface area contributed by atoms with Gasteiger partial charge in [-0.05, 0) is 25.8 Å². The van der Waals surface area contributed by atoms with Gasteiger partial charge in [-0.25, -0.2) is 4.98 Å². The van der Waals surface area contributed by atoms with Crippen LogP contribution < -0.4 is 5.73 Å². The first kappa shape index (κ1) is 11.2. The van der Waals surface area contributed by atoms with Crippen molar-refractivity contribution in [1.82, 2.24) is 14.5 Å². The number of carbonyl (C=O) groups is 1. The van der Waals surface area contributed by atoms with Gasteiger partial charge in [0.2, 0.25) is 5.91 Å². The maximum absolute atomic E-state index is 11.1. The molecule has 2 aromatic rings. The zero-order valence-electron chi connectivity index (χ0n) is 10.4. The molecule has 0 spiro atoms. The van der Waals surface area contributed by atoms with Crippen molar-refractivity contribution in [2.45, 2.75) is 38.6 Å². The molecule has 1 fully saturated rings.